The first-order valence-corrected chi connectivity index (χ1v) is 4.96. The van der Waals surface area contributed by atoms with Crippen LogP contribution in [0.25, 0.3) is 0 Å². The molecule has 0 saturated heterocycles. The van der Waals surface area contributed by atoms with Crippen LogP contribution in [0.1, 0.15) is 34.6 Å². The van der Waals surface area contributed by atoms with Crippen molar-refractivity contribution in [3.8, 4) is 0 Å². The van der Waals surface area contributed by atoms with Gasteiger partial charge in [-0.05, 0) is 32.6 Å². The highest BCUT2D eigenvalue weighted by Gasteiger charge is 2.01. The predicted molar refractivity (Wildman–Crippen MR) is 63.8 cm³/mol. The molecule has 0 spiro atoms. The normalized spacial score (nSPS) is 15.2. The minimum Gasteiger partial charge on any atom is -0.103 e. The summed E-state index contributed by atoms with van der Waals surface area (Å²) in [4.78, 5) is 0. The standard InChI is InChI=1S/C9H16.C4H8/c1-5-7-9(4)8(3)6-2;1-3-4-2/h5-9H,2H2,1,3-4H3;3-4H,1-2H3/b7-5-;. The fourth-order valence-electron chi connectivity index (χ4n) is 0.693. The summed E-state index contributed by atoms with van der Waals surface area (Å²) in [7, 11) is 0. The highest BCUT2D eigenvalue weighted by Crippen LogP contribution is 2.12. The van der Waals surface area contributed by atoms with Crippen LogP contribution < -0.4 is 0 Å². The van der Waals surface area contributed by atoms with E-state index < -0.39 is 0 Å². The molecule has 0 nitrogen and oxygen atoms in total. The van der Waals surface area contributed by atoms with Gasteiger partial charge >= 0.3 is 0 Å². The van der Waals surface area contributed by atoms with E-state index in [2.05, 4.69) is 32.6 Å². The molecule has 2 unspecified atom stereocenters. The van der Waals surface area contributed by atoms with Crippen molar-refractivity contribution < 1.29 is 0 Å². The summed E-state index contributed by atoms with van der Waals surface area (Å²) in [5, 5.41) is 0. The van der Waals surface area contributed by atoms with Crippen molar-refractivity contribution in [1.82, 2.24) is 0 Å². The first-order valence-electron chi connectivity index (χ1n) is 4.96. The van der Waals surface area contributed by atoms with E-state index in [1.54, 1.807) is 0 Å². The van der Waals surface area contributed by atoms with Gasteiger partial charge in [0.2, 0.25) is 0 Å². The maximum absolute atomic E-state index is 3.73. The molecule has 0 aliphatic heterocycles. The van der Waals surface area contributed by atoms with Crippen molar-refractivity contribution >= 4 is 0 Å². The van der Waals surface area contributed by atoms with Crippen LogP contribution in [0.15, 0.2) is 37.0 Å². The molecule has 0 amide bonds. The minimum atomic E-state index is 0.598. The van der Waals surface area contributed by atoms with Crippen LogP contribution >= 0.6 is 0 Å². The third-order valence-corrected chi connectivity index (χ3v) is 2.03. The lowest BCUT2D eigenvalue weighted by molar-refractivity contribution is 0.559. The second-order valence-corrected chi connectivity index (χ2v) is 3.15. The van der Waals surface area contributed by atoms with E-state index in [1.807, 2.05) is 39.0 Å². The molecule has 0 bridgehead atoms. The molecule has 0 rings (SSSR count). The molecule has 0 aromatic carbocycles. The molecular weight excluding hydrogens is 156 g/mol. The Morgan fingerprint density at radius 3 is 1.54 bits per heavy atom. The molecule has 0 heterocycles. The highest BCUT2D eigenvalue weighted by atomic mass is 14.1. The Bertz CT molecular complexity index is 147. The maximum atomic E-state index is 3.73. The van der Waals surface area contributed by atoms with E-state index in [1.165, 1.54) is 0 Å². The monoisotopic (exact) mass is 180 g/mol. The van der Waals surface area contributed by atoms with Gasteiger partial charge in [0.05, 0.1) is 0 Å². The fraction of sp³-hybridized carbons (Fsp3) is 0.538. The minimum absolute atomic E-state index is 0.598. The molecule has 0 aromatic rings. The lowest BCUT2D eigenvalue weighted by Crippen LogP contribution is -2.00. The molecular formula is C13H24. The van der Waals surface area contributed by atoms with Crippen LogP contribution in [0.3, 0.4) is 0 Å². The molecule has 76 valence electrons. The zero-order chi connectivity index (χ0) is 10.7. The van der Waals surface area contributed by atoms with E-state index in [-0.39, 0.29) is 0 Å². The molecule has 0 heteroatoms. The SMILES string of the molecule is C=CC(C)C(C)/C=C\C.CC=CC. The lowest BCUT2D eigenvalue weighted by Gasteiger charge is -2.09. The smallest absolute Gasteiger partial charge is 0.0202 e. The summed E-state index contributed by atoms with van der Waals surface area (Å²) in [6.45, 7) is 14.2. The summed E-state index contributed by atoms with van der Waals surface area (Å²) in [5.74, 6) is 1.23. The van der Waals surface area contributed by atoms with Crippen LogP contribution in [0.2, 0.25) is 0 Å². The van der Waals surface area contributed by atoms with Gasteiger partial charge in [-0.3, -0.25) is 0 Å². The number of rotatable bonds is 3. The van der Waals surface area contributed by atoms with Crippen molar-refractivity contribution in [3.63, 3.8) is 0 Å². The summed E-state index contributed by atoms with van der Waals surface area (Å²) < 4.78 is 0. The molecule has 13 heavy (non-hydrogen) atoms. The molecule has 0 aliphatic rings. The van der Waals surface area contributed by atoms with Crippen LogP contribution in [0.4, 0.5) is 0 Å². The van der Waals surface area contributed by atoms with Gasteiger partial charge in [-0.25, -0.2) is 0 Å². The third kappa shape index (κ3) is 11.2. The van der Waals surface area contributed by atoms with Gasteiger partial charge in [-0.1, -0.05) is 44.2 Å². The van der Waals surface area contributed by atoms with Crippen LogP contribution in [-0.2, 0) is 0 Å². The number of allylic oxidation sites excluding steroid dienone is 5. The molecule has 0 N–H and O–H groups in total. The lowest BCUT2D eigenvalue weighted by atomic mass is 9.96. The zero-order valence-electron chi connectivity index (χ0n) is 9.75. The molecule has 0 radical (unpaired) electrons. The van der Waals surface area contributed by atoms with E-state index in [4.69, 9.17) is 0 Å². The van der Waals surface area contributed by atoms with Gasteiger partial charge in [0.25, 0.3) is 0 Å². The second-order valence-electron chi connectivity index (χ2n) is 3.15. The summed E-state index contributed by atoms with van der Waals surface area (Å²) in [6.07, 6.45) is 10.3. The fourth-order valence-corrected chi connectivity index (χ4v) is 0.693. The van der Waals surface area contributed by atoms with Crippen LogP contribution in [-0.4, -0.2) is 0 Å². The zero-order valence-corrected chi connectivity index (χ0v) is 9.75. The van der Waals surface area contributed by atoms with E-state index in [0.29, 0.717) is 11.8 Å². The van der Waals surface area contributed by atoms with Gasteiger partial charge in [-0.15, -0.1) is 6.58 Å². The van der Waals surface area contributed by atoms with E-state index in [0.717, 1.165) is 0 Å². The van der Waals surface area contributed by atoms with Crippen molar-refractivity contribution in [2.75, 3.05) is 0 Å². The summed E-state index contributed by atoms with van der Waals surface area (Å²) in [6, 6.07) is 0. The van der Waals surface area contributed by atoms with Crippen molar-refractivity contribution in [2.45, 2.75) is 34.6 Å². The van der Waals surface area contributed by atoms with Crippen molar-refractivity contribution in [2.24, 2.45) is 11.8 Å². The number of hydrogen-bond acceptors (Lipinski definition) is 0. The second kappa shape index (κ2) is 11.2. The van der Waals surface area contributed by atoms with Crippen LogP contribution in [0.5, 0.6) is 0 Å². The van der Waals surface area contributed by atoms with E-state index >= 15 is 0 Å². The quantitative estimate of drug-likeness (QED) is 0.557. The van der Waals surface area contributed by atoms with Crippen molar-refractivity contribution in [3.05, 3.63) is 37.0 Å². The topological polar surface area (TPSA) is 0 Å². The third-order valence-electron chi connectivity index (χ3n) is 2.03. The highest BCUT2D eigenvalue weighted by molar-refractivity contribution is 4.91. The van der Waals surface area contributed by atoms with E-state index in [9.17, 15) is 0 Å². The average molecular weight is 180 g/mol. The molecule has 0 fully saturated rings. The summed E-state index contributed by atoms with van der Waals surface area (Å²) >= 11 is 0. The largest absolute Gasteiger partial charge is 0.103 e. The average Bonchev–Trinajstić information content (AvgIpc) is 2.17. The molecule has 0 aliphatic carbocycles. The Labute approximate surface area is 84.1 Å². The van der Waals surface area contributed by atoms with Gasteiger partial charge in [-0.2, -0.15) is 0 Å². The molecule has 0 aromatic heterocycles. The Morgan fingerprint density at radius 1 is 0.846 bits per heavy atom. The van der Waals surface area contributed by atoms with Crippen LogP contribution in [0, 0.1) is 11.8 Å². The van der Waals surface area contributed by atoms with Gasteiger partial charge in [0.1, 0.15) is 0 Å². The first-order chi connectivity index (χ1) is 6.13. The summed E-state index contributed by atoms with van der Waals surface area (Å²) in [5.41, 5.74) is 0. The molecule has 0 saturated carbocycles. The van der Waals surface area contributed by atoms with Gasteiger partial charge in [0.15, 0.2) is 0 Å². The van der Waals surface area contributed by atoms with Crippen molar-refractivity contribution in [1.29, 1.82) is 0 Å². The Balaban J connectivity index is 0. The van der Waals surface area contributed by atoms with Gasteiger partial charge < -0.3 is 0 Å². The predicted octanol–water partition coefficient (Wildman–Crippen LogP) is 4.60. The Kier molecular flexibility index (Phi) is 12.7. The van der Waals surface area contributed by atoms with Gasteiger partial charge in [0, 0.05) is 0 Å². The first kappa shape index (κ1) is 14.7. The number of hydrogen-bond donors (Lipinski definition) is 0. The molecule has 2 atom stereocenters. The maximum Gasteiger partial charge on any atom is -0.0202 e. The Hall–Kier alpha value is -0.780. The Morgan fingerprint density at radius 2 is 1.31 bits per heavy atom.